The van der Waals surface area contributed by atoms with E-state index in [-0.39, 0.29) is 6.54 Å². The molecule has 1 fully saturated rings. The molecule has 32 heavy (non-hydrogen) atoms. The van der Waals surface area contributed by atoms with Crippen molar-refractivity contribution in [2.75, 3.05) is 25.1 Å². The standard InChI is InChI=1S/C19H31N3O10/c1-9(25)22-10(6-21-13-4-2-3-5-20-13)18(14(27)11(26)7-23)32-19-17(30)16(29)15(28)12(8-24)31-19/h2-5,10-12,14-19,23-24,26-30H,6-8H2,1H3,(H,20,21)(H,22,25)/t10-,11+,12+,14-,15-,16-,17+,18+,19-/m0/s1. The fourth-order valence-corrected chi connectivity index (χ4v) is 3.27. The van der Waals surface area contributed by atoms with Gasteiger partial charge in [0, 0.05) is 19.7 Å². The van der Waals surface area contributed by atoms with E-state index in [4.69, 9.17) is 9.47 Å². The van der Waals surface area contributed by atoms with E-state index < -0.39 is 74.2 Å². The average Bonchev–Trinajstić information content (AvgIpc) is 2.79. The smallest absolute Gasteiger partial charge is 0.217 e. The quantitative estimate of drug-likeness (QED) is 0.154. The molecule has 13 nitrogen and oxygen atoms in total. The van der Waals surface area contributed by atoms with Gasteiger partial charge in [0.2, 0.25) is 5.91 Å². The van der Waals surface area contributed by atoms with Crippen LogP contribution in [0.1, 0.15) is 6.92 Å². The number of aliphatic hydroxyl groups excluding tert-OH is 7. The van der Waals surface area contributed by atoms with Crippen LogP contribution in [0.5, 0.6) is 0 Å². The summed E-state index contributed by atoms with van der Waals surface area (Å²) in [6, 6.07) is 4.02. The Morgan fingerprint density at radius 1 is 1.19 bits per heavy atom. The molecule has 1 aromatic rings. The van der Waals surface area contributed by atoms with Crippen molar-refractivity contribution in [1.29, 1.82) is 0 Å². The molecule has 1 saturated heterocycles. The first-order valence-corrected chi connectivity index (χ1v) is 10.0. The van der Waals surface area contributed by atoms with Gasteiger partial charge in [0.15, 0.2) is 6.29 Å². The Morgan fingerprint density at radius 2 is 1.91 bits per heavy atom. The summed E-state index contributed by atoms with van der Waals surface area (Å²) in [6.45, 7) is -0.384. The van der Waals surface area contributed by atoms with Gasteiger partial charge in [0.05, 0.1) is 19.3 Å². The van der Waals surface area contributed by atoms with Gasteiger partial charge in [-0.15, -0.1) is 0 Å². The molecule has 9 atom stereocenters. The molecule has 0 unspecified atom stereocenters. The number of aliphatic hydroxyl groups is 7. The number of amides is 1. The first kappa shape index (κ1) is 26.3. The highest BCUT2D eigenvalue weighted by molar-refractivity contribution is 5.73. The summed E-state index contributed by atoms with van der Waals surface area (Å²) >= 11 is 0. The number of carbonyl (C=O) groups is 1. The molecule has 1 aromatic heterocycles. The van der Waals surface area contributed by atoms with Gasteiger partial charge in [-0.05, 0) is 12.1 Å². The number of rotatable bonds is 11. The van der Waals surface area contributed by atoms with Gasteiger partial charge in [0.1, 0.15) is 48.5 Å². The van der Waals surface area contributed by atoms with Crippen LogP contribution in [0.15, 0.2) is 24.4 Å². The minimum absolute atomic E-state index is 0.0616. The Morgan fingerprint density at radius 3 is 2.47 bits per heavy atom. The third kappa shape index (κ3) is 6.78. The molecular formula is C19H31N3O10. The zero-order valence-corrected chi connectivity index (χ0v) is 17.4. The van der Waals surface area contributed by atoms with E-state index in [1.807, 2.05) is 0 Å². The molecular weight excluding hydrogens is 430 g/mol. The SMILES string of the molecule is CC(=O)N[C@@H](CNc1ccccn1)[C@@H](O[C@@H]1O[C@H](CO)[C@H](O)[C@H](O)[C@H]1O)[C@@H](O)[C@H](O)CO. The van der Waals surface area contributed by atoms with Crippen molar-refractivity contribution in [2.45, 2.75) is 62.0 Å². The van der Waals surface area contributed by atoms with E-state index in [1.165, 1.54) is 13.1 Å². The van der Waals surface area contributed by atoms with Crippen molar-refractivity contribution in [3.8, 4) is 0 Å². The minimum atomic E-state index is -1.78. The molecule has 2 heterocycles. The molecule has 0 bridgehead atoms. The Bertz CT molecular complexity index is 697. The molecule has 2 rings (SSSR count). The van der Waals surface area contributed by atoms with E-state index >= 15 is 0 Å². The van der Waals surface area contributed by atoms with Crippen LogP contribution in [-0.2, 0) is 14.3 Å². The normalized spacial score (nSPS) is 29.6. The molecule has 9 N–H and O–H groups in total. The number of nitrogens with one attached hydrogen (secondary N) is 2. The van der Waals surface area contributed by atoms with E-state index in [0.29, 0.717) is 5.82 Å². The lowest BCUT2D eigenvalue weighted by Crippen LogP contribution is -2.63. The number of aromatic nitrogens is 1. The highest BCUT2D eigenvalue weighted by Gasteiger charge is 2.47. The van der Waals surface area contributed by atoms with Crippen LogP contribution < -0.4 is 10.6 Å². The number of nitrogens with zero attached hydrogens (tertiary/aromatic N) is 1. The number of ether oxygens (including phenoxy) is 2. The lowest BCUT2D eigenvalue weighted by atomic mass is 9.97. The molecule has 1 aliphatic rings. The summed E-state index contributed by atoms with van der Waals surface area (Å²) in [6.07, 6.45) is -11.5. The predicted octanol–water partition coefficient (Wildman–Crippen LogP) is -4.10. The fourth-order valence-electron chi connectivity index (χ4n) is 3.27. The van der Waals surface area contributed by atoms with E-state index in [0.717, 1.165) is 0 Å². The first-order valence-electron chi connectivity index (χ1n) is 10.0. The zero-order valence-electron chi connectivity index (χ0n) is 17.4. The summed E-state index contributed by atoms with van der Waals surface area (Å²) in [5.74, 6) is -0.0717. The van der Waals surface area contributed by atoms with Gasteiger partial charge in [-0.3, -0.25) is 4.79 Å². The van der Waals surface area contributed by atoms with Gasteiger partial charge in [0.25, 0.3) is 0 Å². The Labute approximate surface area is 184 Å². The van der Waals surface area contributed by atoms with Crippen LogP contribution in [-0.4, -0.2) is 121 Å². The van der Waals surface area contributed by atoms with Gasteiger partial charge in [-0.25, -0.2) is 4.98 Å². The van der Waals surface area contributed by atoms with Crippen molar-refractivity contribution < 1.29 is 50.0 Å². The number of hydrogen-bond donors (Lipinski definition) is 9. The van der Waals surface area contributed by atoms with Crippen molar-refractivity contribution in [1.82, 2.24) is 10.3 Å². The Hall–Kier alpha value is -1.94. The van der Waals surface area contributed by atoms with Gasteiger partial charge in [-0.1, -0.05) is 6.07 Å². The largest absolute Gasteiger partial charge is 0.394 e. The van der Waals surface area contributed by atoms with Crippen LogP contribution in [0.3, 0.4) is 0 Å². The summed E-state index contributed by atoms with van der Waals surface area (Å²) in [5.41, 5.74) is 0. The number of anilines is 1. The second kappa shape index (κ2) is 12.3. The summed E-state index contributed by atoms with van der Waals surface area (Å²) in [5, 5.41) is 74.9. The first-order chi connectivity index (χ1) is 15.2. The summed E-state index contributed by atoms with van der Waals surface area (Å²) < 4.78 is 10.9. The Balaban J connectivity index is 2.27. The third-order valence-electron chi connectivity index (χ3n) is 5.01. The Kier molecular flexibility index (Phi) is 10.1. The van der Waals surface area contributed by atoms with Gasteiger partial charge in [-0.2, -0.15) is 0 Å². The van der Waals surface area contributed by atoms with Crippen LogP contribution in [0.25, 0.3) is 0 Å². The average molecular weight is 461 g/mol. The van der Waals surface area contributed by atoms with Gasteiger partial charge < -0.3 is 55.9 Å². The number of pyridine rings is 1. The third-order valence-corrected chi connectivity index (χ3v) is 5.01. The van der Waals surface area contributed by atoms with Crippen molar-refractivity contribution >= 4 is 11.7 Å². The maximum atomic E-state index is 11.8. The van der Waals surface area contributed by atoms with E-state index in [1.54, 1.807) is 18.2 Å². The molecule has 0 radical (unpaired) electrons. The monoisotopic (exact) mass is 461 g/mol. The highest BCUT2D eigenvalue weighted by atomic mass is 16.7. The predicted molar refractivity (Wildman–Crippen MR) is 108 cm³/mol. The maximum absolute atomic E-state index is 11.8. The summed E-state index contributed by atoms with van der Waals surface area (Å²) in [4.78, 5) is 15.9. The van der Waals surface area contributed by atoms with Gasteiger partial charge >= 0.3 is 0 Å². The molecule has 0 saturated carbocycles. The molecule has 0 spiro atoms. The van der Waals surface area contributed by atoms with Crippen LogP contribution in [0.2, 0.25) is 0 Å². The van der Waals surface area contributed by atoms with Crippen molar-refractivity contribution in [3.63, 3.8) is 0 Å². The molecule has 182 valence electrons. The summed E-state index contributed by atoms with van der Waals surface area (Å²) in [7, 11) is 0. The molecule has 0 aromatic carbocycles. The van der Waals surface area contributed by atoms with Crippen molar-refractivity contribution in [2.24, 2.45) is 0 Å². The minimum Gasteiger partial charge on any atom is -0.394 e. The zero-order chi connectivity index (χ0) is 23.8. The molecule has 13 heteroatoms. The van der Waals surface area contributed by atoms with Crippen LogP contribution in [0.4, 0.5) is 5.82 Å². The molecule has 1 aliphatic heterocycles. The van der Waals surface area contributed by atoms with E-state index in [2.05, 4.69) is 15.6 Å². The maximum Gasteiger partial charge on any atom is 0.217 e. The van der Waals surface area contributed by atoms with E-state index in [9.17, 15) is 40.5 Å². The number of carbonyl (C=O) groups excluding carboxylic acids is 1. The van der Waals surface area contributed by atoms with Crippen LogP contribution >= 0.6 is 0 Å². The number of hydrogen-bond acceptors (Lipinski definition) is 12. The van der Waals surface area contributed by atoms with Crippen LogP contribution in [0, 0.1) is 0 Å². The molecule has 1 amide bonds. The lowest BCUT2D eigenvalue weighted by Gasteiger charge is -2.43. The van der Waals surface area contributed by atoms with Crippen molar-refractivity contribution in [3.05, 3.63) is 24.4 Å². The topological polar surface area (TPSA) is 214 Å². The second-order valence-corrected chi connectivity index (χ2v) is 7.44. The second-order valence-electron chi connectivity index (χ2n) is 7.44. The highest BCUT2D eigenvalue weighted by Crippen LogP contribution is 2.25. The fraction of sp³-hybridized carbons (Fsp3) is 0.684. The molecule has 0 aliphatic carbocycles. The lowest BCUT2D eigenvalue weighted by molar-refractivity contribution is -0.321.